The van der Waals surface area contributed by atoms with Gasteiger partial charge in [-0.15, -0.1) is 0 Å². The van der Waals surface area contributed by atoms with Crippen molar-refractivity contribution in [2.24, 2.45) is 0 Å². The average molecular weight is 136 g/mol. The fraction of sp³-hybridized carbons (Fsp3) is 0.250. The Morgan fingerprint density at radius 3 is 2.40 bits per heavy atom. The third-order valence-electron chi connectivity index (χ3n) is 1.01. The summed E-state index contributed by atoms with van der Waals surface area (Å²) in [6.07, 6.45) is 1.68. The lowest BCUT2D eigenvalue weighted by molar-refractivity contribution is 0.565. The summed E-state index contributed by atoms with van der Waals surface area (Å²) in [7, 11) is 0. The molecular weight excluding hydrogens is 128 g/mol. The van der Waals surface area contributed by atoms with Crippen molar-refractivity contribution < 1.29 is 9.59 Å². The normalized spacial score (nSPS) is 7.30. The van der Waals surface area contributed by atoms with Crippen LogP contribution in [0.3, 0.4) is 0 Å². The molecule has 52 valence electrons. The lowest BCUT2D eigenvalue weighted by Crippen LogP contribution is -1.81. The van der Waals surface area contributed by atoms with Gasteiger partial charge < -0.3 is 0 Å². The highest BCUT2D eigenvalue weighted by atomic mass is 16.1. The fourth-order valence-corrected chi connectivity index (χ4v) is 0.472. The number of rotatable bonds is 3. The Bertz CT molecular complexity index is 226. The molecule has 0 amide bonds. The Hall–Kier alpha value is -1.36. The maximum absolute atomic E-state index is 10.0. The van der Waals surface area contributed by atoms with Crippen molar-refractivity contribution in [3.63, 3.8) is 0 Å². The van der Waals surface area contributed by atoms with E-state index < -0.39 is 0 Å². The van der Waals surface area contributed by atoms with Crippen LogP contribution in [0.5, 0.6) is 0 Å². The number of carbonyl (C=O) groups excluding carboxylic acids is 2. The van der Waals surface area contributed by atoms with E-state index in [1.165, 1.54) is 6.08 Å². The number of hydrogen-bond donors (Lipinski definition) is 0. The molecule has 0 aliphatic rings. The second kappa shape index (κ2) is 4.51. The van der Waals surface area contributed by atoms with E-state index in [-0.39, 0.29) is 0 Å². The summed E-state index contributed by atoms with van der Waals surface area (Å²) < 4.78 is 0. The first-order valence-corrected chi connectivity index (χ1v) is 2.81. The Labute approximate surface area is 59.5 Å². The van der Waals surface area contributed by atoms with Crippen molar-refractivity contribution in [1.29, 1.82) is 0 Å². The standard InChI is InChI=1S/C8H8O2/c1-3-8(6-10)4-7(2)5-9/h3H,1,4H2,2H3. The fourth-order valence-electron chi connectivity index (χ4n) is 0.472. The van der Waals surface area contributed by atoms with Crippen molar-refractivity contribution >= 4 is 11.9 Å². The van der Waals surface area contributed by atoms with Crippen molar-refractivity contribution in [2.45, 2.75) is 13.3 Å². The molecule has 0 aliphatic heterocycles. The zero-order valence-corrected chi connectivity index (χ0v) is 5.81. The highest BCUT2D eigenvalue weighted by Gasteiger charge is 1.94. The quantitative estimate of drug-likeness (QED) is 0.430. The predicted molar refractivity (Wildman–Crippen MR) is 38.9 cm³/mol. The molecule has 2 nitrogen and oxygen atoms in total. The van der Waals surface area contributed by atoms with Crippen LogP contribution in [0.25, 0.3) is 0 Å². The van der Waals surface area contributed by atoms with E-state index in [2.05, 4.69) is 6.58 Å². The van der Waals surface area contributed by atoms with E-state index in [1.54, 1.807) is 18.8 Å². The Balaban J connectivity index is 4.28. The molecule has 0 fully saturated rings. The zero-order valence-electron chi connectivity index (χ0n) is 5.81. The van der Waals surface area contributed by atoms with E-state index in [1.807, 2.05) is 0 Å². The van der Waals surface area contributed by atoms with Crippen LogP contribution in [0.4, 0.5) is 0 Å². The molecule has 0 N–H and O–H groups in total. The first kappa shape index (κ1) is 8.64. The largest absolute Gasteiger partial charge is 0.234 e. The third kappa shape index (κ3) is 2.83. The van der Waals surface area contributed by atoms with Crippen LogP contribution < -0.4 is 0 Å². The topological polar surface area (TPSA) is 34.1 Å². The average Bonchev–Trinajstić information content (AvgIpc) is 1.99. The summed E-state index contributed by atoms with van der Waals surface area (Å²) in [5, 5.41) is 0. The molecule has 0 saturated carbocycles. The lowest BCUT2D eigenvalue weighted by atomic mass is 10.1. The molecule has 2 heteroatoms. The molecule has 0 rings (SSSR count). The van der Waals surface area contributed by atoms with Gasteiger partial charge in [-0.1, -0.05) is 12.7 Å². The van der Waals surface area contributed by atoms with Gasteiger partial charge in [0, 0.05) is 17.6 Å². The summed E-state index contributed by atoms with van der Waals surface area (Å²) >= 11 is 0. The Kier molecular flexibility index (Phi) is 3.90. The van der Waals surface area contributed by atoms with Crippen molar-refractivity contribution in [3.05, 3.63) is 23.8 Å². The van der Waals surface area contributed by atoms with Gasteiger partial charge in [0.25, 0.3) is 0 Å². The molecule has 0 aliphatic carbocycles. The highest BCUT2D eigenvalue weighted by molar-refractivity contribution is 5.61. The Morgan fingerprint density at radius 2 is 2.10 bits per heavy atom. The van der Waals surface area contributed by atoms with Gasteiger partial charge in [0.15, 0.2) is 0 Å². The minimum absolute atomic E-state index is 0.302. The summed E-state index contributed by atoms with van der Waals surface area (Å²) in [6, 6.07) is 0. The molecule has 0 unspecified atom stereocenters. The van der Waals surface area contributed by atoms with Gasteiger partial charge in [0.2, 0.25) is 0 Å². The van der Waals surface area contributed by atoms with Crippen LogP contribution in [-0.4, -0.2) is 11.9 Å². The van der Waals surface area contributed by atoms with E-state index >= 15 is 0 Å². The third-order valence-corrected chi connectivity index (χ3v) is 1.01. The van der Waals surface area contributed by atoms with E-state index in [9.17, 15) is 9.59 Å². The van der Waals surface area contributed by atoms with Crippen molar-refractivity contribution in [2.75, 3.05) is 0 Å². The van der Waals surface area contributed by atoms with E-state index in [4.69, 9.17) is 0 Å². The molecule has 0 saturated heterocycles. The van der Waals surface area contributed by atoms with Crippen LogP contribution >= 0.6 is 0 Å². The number of allylic oxidation sites excluding steroid dienone is 3. The monoisotopic (exact) mass is 136 g/mol. The van der Waals surface area contributed by atoms with Crippen molar-refractivity contribution in [3.8, 4) is 0 Å². The van der Waals surface area contributed by atoms with Crippen LogP contribution in [-0.2, 0) is 9.59 Å². The van der Waals surface area contributed by atoms with Crippen LogP contribution in [0, 0.1) is 0 Å². The number of hydrogen-bond acceptors (Lipinski definition) is 2. The molecule has 0 aromatic heterocycles. The summed E-state index contributed by atoms with van der Waals surface area (Å²) in [6.45, 7) is 4.98. The molecule has 0 atom stereocenters. The van der Waals surface area contributed by atoms with Gasteiger partial charge in [-0.2, -0.15) is 0 Å². The summed E-state index contributed by atoms with van der Waals surface area (Å²) in [5.74, 6) is 3.35. The van der Waals surface area contributed by atoms with Crippen LogP contribution in [0.15, 0.2) is 23.8 Å². The molecule has 10 heavy (non-hydrogen) atoms. The minimum atomic E-state index is 0.302. The van der Waals surface area contributed by atoms with Crippen LogP contribution in [0.1, 0.15) is 13.3 Å². The predicted octanol–water partition coefficient (Wildman–Crippen LogP) is 1.10. The van der Waals surface area contributed by atoms with E-state index in [0.29, 0.717) is 17.6 Å². The smallest absolute Gasteiger partial charge is 0.128 e. The maximum Gasteiger partial charge on any atom is 0.128 e. The van der Waals surface area contributed by atoms with Crippen LogP contribution in [0.2, 0.25) is 0 Å². The lowest BCUT2D eigenvalue weighted by Gasteiger charge is -1.90. The zero-order chi connectivity index (χ0) is 7.98. The van der Waals surface area contributed by atoms with Crippen molar-refractivity contribution in [1.82, 2.24) is 0 Å². The second-order valence-electron chi connectivity index (χ2n) is 1.89. The molecular formula is C8H8O2. The molecule has 0 heterocycles. The van der Waals surface area contributed by atoms with E-state index in [0.717, 1.165) is 0 Å². The summed E-state index contributed by atoms with van der Waals surface area (Å²) in [5.41, 5.74) is 0.874. The summed E-state index contributed by atoms with van der Waals surface area (Å²) in [4.78, 5) is 19.9. The van der Waals surface area contributed by atoms with Gasteiger partial charge >= 0.3 is 0 Å². The SMILES string of the molecule is C=CC(=C=O)CC(C)=C=O. The molecule has 0 radical (unpaired) electrons. The minimum Gasteiger partial charge on any atom is -0.234 e. The molecule has 0 aromatic rings. The highest BCUT2D eigenvalue weighted by Crippen LogP contribution is 2.04. The molecule has 0 spiro atoms. The van der Waals surface area contributed by atoms with Gasteiger partial charge in [-0.25, -0.2) is 9.59 Å². The maximum atomic E-state index is 10.0. The Morgan fingerprint density at radius 1 is 1.50 bits per heavy atom. The van der Waals surface area contributed by atoms with Gasteiger partial charge in [0.05, 0.1) is 0 Å². The first-order valence-electron chi connectivity index (χ1n) is 2.81. The molecule has 0 bridgehead atoms. The van der Waals surface area contributed by atoms with Gasteiger partial charge in [-0.05, 0) is 6.92 Å². The first-order chi connectivity index (χ1) is 4.74. The van der Waals surface area contributed by atoms with Gasteiger partial charge in [0.1, 0.15) is 11.9 Å². The second-order valence-corrected chi connectivity index (χ2v) is 1.89. The molecule has 0 aromatic carbocycles. The van der Waals surface area contributed by atoms with Gasteiger partial charge in [-0.3, -0.25) is 0 Å².